The number of nitrogens with zero attached hydrogens (tertiary/aromatic N) is 1. The van der Waals surface area contributed by atoms with Gasteiger partial charge in [0.25, 0.3) is 5.56 Å². The molecule has 2 heterocycles. The Morgan fingerprint density at radius 1 is 1.25 bits per heavy atom. The number of nitrogens with one attached hydrogen (secondary N) is 1. The van der Waals surface area contributed by atoms with Gasteiger partial charge in [0.1, 0.15) is 11.1 Å². The number of hydrogen-bond acceptors (Lipinski definition) is 4. The summed E-state index contributed by atoms with van der Waals surface area (Å²) >= 11 is 0. The topological polar surface area (TPSA) is 84.3 Å². The number of aromatic amines is 1. The normalized spacial score (nSPS) is 12.2. The van der Waals surface area contributed by atoms with Crippen LogP contribution in [0, 0.1) is 18.8 Å². The SMILES string of the molecule is CC.CCOC(=O)c1c(C)[nH]c2c(=O)n(C)cc(C#CC(C)(O)CCc3ccccc3)c12. The Balaban J connectivity index is 0.00000176. The van der Waals surface area contributed by atoms with Crippen LogP contribution in [-0.4, -0.2) is 32.8 Å². The number of carbonyl (C=O) groups excluding carboxylic acids is 1. The predicted molar refractivity (Wildman–Crippen MR) is 128 cm³/mol. The van der Waals surface area contributed by atoms with Crippen molar-refractivity contribution in [2.75, 3.05) is 6.61 Å². The molecule has 0 aliphatic carbocycles. The summed E-state index contributed by atoms with van der Waals surface area (Å²) in [5, 5.41) is 11.2. The molecule has 2 aromatic heterocycles. The largest absolute Gasteiger partial charge is 0.462 e. The van der Waals surface area contributed by atoms with Crippen molar-refractivity contribution in [1.82, 2.24) is 9.55 Å². The van der Waals surface area contributed by atoms with Gasteiger partial charge >= 0.3 is 5.97 Å². The number of rotatable bonds is 5. The number of benzene rings is 1. The van der Waals surface area contributed by atoms with Gasteiger partial charge < -0.3 is 19.4 Å². The second kappa shape index (κ2) is 10.8. The Labute approximate surface area is 189 Å². The Bertz CT molecular complexity index is 1190. The monoisotopic (exact) mass is 436 g/mol. The molecule has 170 valence electrons. The summed E-state index contributed by atoms with van der Waals surface area (Å²) in [6, 6.07) is 9.89. The van der Waals surface area contributed by atoms with E-state index in [1.165, 1.54) is 4.57 Å². The molecule has 0 saturated carbocycles. The van der Waals surface area contributed by atoms with E-state index in [4.69, 9.17) is 4.74 Å². The molecule has 0 radical (unpaired) electrons. The van der Waals surface area contributed by atoms with E-state index < -0.39 is 11.6 Å². The number of aromatic nitrogens is 2. The molecular weight excluding hydrogens is 404 g/mol. The highest BCUT2D eigenvalue weighted by molar-refractivity contribution is 6.07. The summed E-state index contributed by atoms with van der Waals surface area (Å²) in [5.41, 5.74) is 1.27. The number of ether oxygens (including phenoxy) is 1. The third-order valence-corrected chi connectivity index (χ3v) is 5.00. The molecule has 2 N–H and O–H groups in total. The van der Waals surface area contributed by atoms with E-state index in [2.05, 4.69) is 16.8 Å². The van der Waals surface area contributed by atoms with E-state index in [0.29, 0.717) is 40.6 Å². The maximum atomic E-state index is 12.6. The van der Waals surface area contributed by atoms with Crippen LogP contribution in [0.5, 0.6) is 0 Å². The van der Waals surface area contributed by atoms with E-state index in [9.17, 15) is 14.7 Å². The fourth-order valence-electron chi connectivity index (χ4n) is 3.40. The van der Waals surface area contributed by atoms with E-state index >= 15 is 0 Å². The highest BCUT2D eigenvalue weighted by Gasteiger charge is 2.23. The average molecular weight is 437 g/mol. The lowest BCUT2D eigenvalue weighted by molar-refractivity contribution is 0.0528. The van der Waals surface area contributed by atoms with Crippen molar-refractivity contribution in [3.8, 4) is 11.8 Å². The van der Waals surface area contributed by atoms with E-state index in [1.807, 2.05) is 44.2 Å². The number of fused-ring (bicyclic) bond motifs is 1. The van der Waals surface area contributed by atoms with Gasteiger partial charge in [0.15, 0.2) is 0 Å². The second-order valence-electron chi connectivity index (χ2n) is 7.56. The van der Waals surface area contributed by atoms with Crippen molar-refractivity contribution in [3.05, 3.63) is 69.3 Å². The van der Waals surface area contributed by atoms with Crippen LogP contribution in [-0.2, 0) is 18.2 Å². The van der Waals surface area contributed by atoms with Gasteiger partial charge in [-0.25, -0.2) is 4.79 Å². The number of pyridine rings is 1. The van der Waals surface area contributed by atoms with E-state index in [-0.39, 0.29) is 12.2 Å². The number of hydrogen-bond donors (Lipinski definition) is 2. The average Bonchev–Trinajstić information content (AvgIpc) is 3.14. The Hall–Kier alpha value is -3.30. The van der Waals surface area contributed by atoms with Crippen LogP contribution in [0.15, 0.2) is 41.3 Å². The highest BCUT2D eigenvalue weighted by Crippen LogP contribution is 2.24. The molecule has 0 fully saturated rings. The molecule has 32 heavy (non-hydrogen) atoms. The minimum atomic E-state index is -1.23. The van der Waals surface area contributed by atoms with Gasteiger partial charge in [-0.3, -0.25) is 4.79 Å². The molecule has 0 bridgehead atoms. The number of aliphatic hydroxyl groups is 1. The summed E-state index contributed by atoms with van der Waals surface area (Å²) in [6.45, 7) is 9.34. The minimum absolute atomic E-state index is 0.227. The van der Waals surface area contributed by atoms with Gasteiger partial charge in [0, 0.05) is 24.3 Å². The summed E-state index contributed by atoms with van der Waals surface area (Å²) in [7, 11) is 1.63. The smallest absolute Gasteiger partial charge is 0.340 e. The molecule has 0 aliphatic rings. The van der Waals surface area contributed by atoms with Crippen LogP contribution in [0.3, 0.4) is 0 Å². The van der Waals surface area contributed by atoms with E-state index in [1.54, 1.807) is 34.0 Å². The van der Waals surface area contributed by atoms with Gasteiger partial charge in [0.05, 0.1) is 17.7 Å². The van der Waals surface area contributed by atoms with Crippen molar-refractivity contribution >= 4 is 16.9 Å². The lowest BCUT2D eigenvalue weighted by Gasteiger charge is -2.16. The molecular formula is C26H32N2O4. The molecule has 0 amide bonds. The van der Waals surface area contributed by atoms with Gasteiger partial charge in [0.2, 0.25) is 0 Å². The lowest BCUT2D eigenvalue weighted by Crippen LogP contribution is -2.22. The fourth-order valence-corrected chi connectivity index (χ4v) is 3.40. The first-order chi connectivity index (χ1) is 15.2. The standard InChI is InChI=1S/C24H26N2O4.C2H6/c1-5-30-23(28)19-16(2)25-21-20(19)18(15-26(4)22(21)27)12-14-24(3,29)13-11-17-9-7-6-8-10-17;1-2/h6-10,15,25,29H,5,11,13H2,1-4H3;1-2H3. The summed E-state index contributed by atoms with van der Waals surface area (Å²) in [6.07, 6.45) is 2.72. The first kappa shape index (κ1) is 25.0. The minimum Gasteiger partial charge on any atom is -0.462 e. The van der Waals surface area contributed by atoms with E-state index in [0.717, 1.165) is 5.56 Å². The van der Waals surface area contributed by atoms with Crippen LogP contribution in [0.25, 0.3) is 10.9 Å². The van der Waals surface area contributed by atoms with Gasteiger partial charge in [-0.1, -0.05) is 56.0 Å². The lowest BCUT2D eigenvalue weighted by atomic mass is 9.96. The van der Waals surface area contributed by atoms with Crippen molar-refractivity contribution in [2.45, 2.75) is 53.1 Å². The van der Waals surface area contributed by atoms with Crippen LogP contribution in [0.4, 0.5) is 0 Å². The Morgan fingerprint density at radius 3 is 2.53 bits per heavy atom. The number of H-pyrrole nitrogens is 1. The van der Waals surface area contributed by atoms with Gasteiger partial charge in [-0.15, -0.1) is 0 Å². The molecule has 0 saturated heterocycles. The fraction of sp³-hybridized carbons (Fsp3) is 0.385. The molecule has 0 spiro atoms. The zero-order chi connectivity index (χ0) is 23.9. The maximum absolute atomic E-state index is 12.6. The molecule has 0 aliphatic heterocycles. The van der Waals surface area contributed by atoms with Gasteiger partial charge in [-0.05, 0) is 39.2 Å². The van der Waals surface area contributed by atoms with Crippen molar-refractivity contribution in [3.63, 3.8) is 0 Å². The highest BCUT2D eigenvalue weighted by atomic mass is 16.5. The van der Waals surface area contributed by atoms with Crippen molar-refractivity contribution < 1.29 is 14.6 Å². The first-order valence-electron chi connectivity index (χ1n) is 10.9. The maximum Gasteiger partial charge on any atom is 0.340 e. The Morgan fingerprint density at radius 2 is 1.91 bits per heavy atom. The zero-order valence-electron chi connectivity index (χ0n) is 19.7. The quantitative estimate of drug-likeness (QED) is 0.466. The summed E-state index contributed by atoms with van der Waals surface area (Å²) in [5.74, 6) is 5.41. The van der Waals surface area contributed by atoms with Crippen molar-refractivity contribution in [2.24, 2.45) is 7.05 Å². The molecule has 1 unspecified atom stereocenters. The molecule has 3 rings (SSSR count). The van der Waals surface area contributed by atoms with Crippen LogP contribution >= 0.6 is 0 Å². The van der Waals surface area contributed by atoms with Gasteiger partial charge in [-0.2, -0.15) is 0 Å². The summed E-state index contributed by atoms with van der Waals surface area (Å²) < 4.78 is 6.58. The Kier molecular flexibility index (Phi) is 8.45. The van der Waals surface area contributed by atoms with Crippen LogP contribution < -0.4 is 5.56 Å². The zero-order valence-corrected chi connectivity index (χ0v) is 19.7. The predicted octanol–water partition coefficient (Wildman–Crippen LogP) is 4.11. The molecule has 6 heteroatoms. The molecule has 6 nitrogen and oxygen atoms in total. The number of carbonyl (C=O) groups is 1. The third-order valence-electron chi connectivity index (χ3n) is 5.00. The van der Waals surface area contributed by atoms with Crippen molar-refractivity contribution in [1.29, 1.82) is 0 Å². The van der Waals surface area contributed by atoms with Crippen LogP contribution in [0.2, 0.25) is 0 Å². The first-order valence-corrected chi connectivity index (χ1v) is 10.9. The summed E-state index contributed by atoms with van der Waals surface area (Å²) in [4.78, 5) is 28.1. The molecule has 3 aromatic rings. The molecule has 1 atom stereocenters. The second-order valence-corrected chi connectivity index (χ2v) is 7.56. The van der Waals surface area contributed by atoms with Crippen LogP contribution in [0.1, 0.15) is 61.3 Å². The number of esters is 1. The third kappa shape index (κ3) is 5.68. The number of aryl methyl sites for hydroxylation is 3. The molecule has 1 aromatic carbocycles.